The zero-order valence-electron chi connectivity index (χ0n) is 9.38. The maximum absolute atomic E-state index is 11.1. The average molecular weight is 271 g/mol. The third kappa shape index (κ3) is 2.68. The van der Waals surface area contributed by atoms with Gasteiger partial charge in [-0.2, -0.15) is 5.10 Å². The lowest BCUT2D eigenvalue weighted by Gasteiger charge is -2.04. The minimum Gasteiger partial charge on any atom is -0.240 e. The van der Waals surface area contributed by atoms with Gasteiger partial charge >= 0.3 is 0 Å². The highest BCUT2D eigenvalue weighted by atomic mass is 35.7. The Morgan fingerprint density at radius 2 is 1.76 bits per heavy atom. The van der Waals surface area contributed by atoms with Gasteiger partial charge in [-0.3, -0.25) is 0 Å². The number of nitrogens with zero attached hydrogens (tertiary/aromatic N) is 2. The number of halogens is 1. The Hall–Kier alpha value is -1.33. The van der Waals surface area contributed by atoms with E-state index in [1.807, 2.05) is 32.0 Å². The molecule has 1 heterocycles. The average Bonchev–Trinajstić information content (AvgIpc) is 2.63. The van der Waals surface area contributed by atoms with Crippen LogP contribution in [-0.4, -0.2) is 18.2 Å². The summed E-state index contributed by atoms with van der Waals surface area (Å²) in [6.07, 6.45) is 2.64. The third-order valence-electron chi connectivity index (χ3n) is 2.31. The van der Waals surface area contributed by atoms with Crippen molar-refractivity contribution in [3.05, 3.63) is 41.7 Å². The normalized spacial score (nSPS) is 11.7. The maximum Gasteiger partial charge on any atom is 0.264 e. The lowest BCUT2D eigenvalue weighted by atomic mass is 10.1. The Kier molecular flexibility index (Phi) is 2.97. The zero-order chi connectivity index (χ0) is 12.6. The van der Waals surface area contributed by atoms with Crippen LogP contribution in [-0.2, 0) is 9.05 Å². The van der Waals surface area contributed by atoms with Crippen LogP contribution < -0.4 is 0 Å². The highest BCUT2D eigenvalue weighted by molar-refractivity contribution is 8.13. The van der Waals surface area contributed by atoms with Gasteiger partial charge in [-0.05, 0) is 37.1 Å². The Labute approximate surface area is 104 Å². The van der Waals surface area contributed by atoms with E-state index in [0.29, 0.717) is 0 Å². The lowest BCUT2D eigenvalue weighted by molar-refractivity contribution is 0.609. The largest absolute Gasteiger partial charge is 0.264 e. The monoisotopic (exact) mass is 270 g/mol. The van der Waals surface area contributed by atoms with Crippen LogP contribution in [0.5, 0.6) is 0 Å². The Morgan fingerprint density at radius 3 is 2.24 bits per heavy atom. The van der Waals surface area contributed by atoms with E-state index in [9.17, 15) is 8.42 Å². The molecule has 0 saturated carbocycles. The van der Waals surface area contributed by atoms with E-state index >= 15 is 0 Å². The van der Waals surface area contributed by atoms with Gasteiger partial charge in [0, 0.05) is 10.7 Å². The summed E-state index contributed by atoms with van der Waals surface area (Å²) in [5, 5.41) is 3.99. The molecule has 0 spiro atoms. The fourth-order valence-corrected chi connectivity index (χ4v) is 2.29. The molecule has 0 aliphatic rings. The van der Waals surface area contributed by atoms with Crippen molar-refractivity contribution in [1.82, 2.24) is 9.78 Å². The first-order valence-electron chi connectivity index (χ1n) is 4.94. The first-order valence-corrected chi connectivity index (χ1v) is 7.25. The highest BCUT2D eigenvalue weighted by Crippen LogP contribution is 2.17. The van der Waals surface area contributed by atoms with Gasteiger partial charge < -0.3 is 0 Å². The van der Waals surface area contributed by atoms with Crippen LogP contribution in [0.1, 0.15) is 11.1 Å². The number of hydrogen-bond acceptors (Lipinski definition) is 3. The van der Waals surface area contributed by atoms with E-state index in [1.54, 1.807) is 0 Å². The molecule has 0 N–H and O–H groups in total. The second-order valence-electron chi connectivity index (χ2n) is 3.90. The summed E-state index contributed by atoms with van der Waals surface area (Å²) >= 11 is 0. The molecule has 2 aromatic rings. The van der Waals surface area contributed by atoms with E-state index in [0.717, 1.165) is 16.8 Å². The van der Waals surface area contributed by atoms with Crippen LogP contribution >= 0.6 is 10.7 Å². The summed E-state index contributed by atoms with van der Waals surface area (Å²) < 4.78 is 23.7. The van der Waals surface area contributed by atoms with Gasteiger partial charge in [0.25, 0.3) is 9.05 Å². The van der Waals surface area contributed by atoms with Gasteiger partial charge in [0.1, 0.15) is 4.90 Å². The van der Waals surface area contributed by atoms with Gasteiger partial charge in [0.05, 0.1) is 18.1 Å². The summed E-state index contributed by atoms with van der Waals surface area (Å²) in [5.41, 5.74) is 2.99. The summed E-state index contributed by atoms with van der Waals surface area (Å²) in [5.74, 6) is 0. The highest BCUT2D eigenvalue weighted by Gasteiger charge is 2.13. The maximum atomic E-state index is 11.1. The van der Waals surface area contributed by atoms with E-state index in [4.69, 9.17) is 10.7 Å². The fraction of sp³-hybridized carbons (Fsp3) is 0.182. The quantitative estimate of drug-likeness (QED) is 0.788. The molecule has 0 unspecified atom stereocenters. The molecule has 0 aliphatic heterocycles. The molecule has 0 radical (unpaired) electrons. The minimum absolute atomic E-state index is 0.00155. The molecule has 0 fully saturated rings. The van der Waals surface area contributed by atoms with Crippen LogP contribution in [0, 0.1) is 13.8 Å². The summed E-state index contributed by atoms with van der Waals surface area (Å²) in [7, 11) is 1.52. The van der Waals surface area contributed by atoms with E-state index in [2.05, 4.69) is 5.10 Å². The number of aryl methyl sites for hydroxylation is 2. The molecule has 0 bridgehead atoms. The standard InChI is InChI=1S/C11H11ClN2O2S/c1-8-3-9(2)5-10(4-8)14-7-11(6-13-14)17(12,15)16/h3-7H,1-2H3. The summed E-state index contributed by atoms with van der Waals surface area (Å²) in [6, 6.07) is 5.88. The van der Waals surface area contributed by atoms with Crippen molar-refractivity contribution in [2.75, 3.05) is 0 Å². The molecule has 90 valence electrons. The van der Waals surface area contributed by atoms with Gasteiger partial charge in [-0.25, -0.2) is 13.1 Å². The first-order chi connectivity index (χ1) is 7.86. The smallest absolute Gasteiger partial charge is 0.240 e. The van der Waals surface area contributed by atoms with Crippen molar-refractivity contribution in [2.45, 2.75) is 18.7 Å². The Morgan fingerprint density at radius 1 is 1.18 bits per heavy atom. The zero-order valence-corrected chi connectivity index (χ0v) is 11.0. The predicted molar refractivity (Wildman–Crippen MR) is 66.1 cm³/mol. The van der Waals surface area contributed by atoms with Crippen LogP contribution in [0.25, 0.3) is 5.69 Å². The number of aromatic nitrogens is 2. The molecule has 2 rings (SSSR count). The summed E-state index contributed by atoms with van der Waals surface area (Å²) in [6.45, 7) is 3.94. The fourth-order valence-electron chi connectivity index (χ4n) is 1.66. The number of rotatable bonds is 2. The second kappa shape index (κ2) is 4.16. The van der Waals surface area contributed by atoms with Gasteiger partial charge in [0.2, 0.25) is 0 Å². The topological polar surface area (TPSA) is 52.0 Å². The van der Waals surface area contributed by atoms with Crippen LogP contribution in [0.4, 0.5) is 0 Å². The van der Waals surface area contributed by atoms with Crippen molar-refractivity contribution >= 4 is 19.7 Å². The van der Waals surface area contributed by atoms with Crippen molar-refractivity contribution in [3.8, 4) is 5.69 Å². The molecule has 6 heteroatoms. The molecular formula is C11H11ClN2O2S. The molecule has 0 saturated heterocycles. The van der Waals surface area contributed by atoms with Gasteiger partial charge in [-0.1, -0.05) is 6.07 Å². The van der Waals surface area contributed by atoms with Crippen molar-refractivity contribution in [3.63, 3.8) is 0 Å². The van der Waals surface area contributed by atoms with E-state index < -0.39 is 9.05 Å². The molecule has 1 aromatic heterocycles. The second-order valence-corrected chi connectivity index (χ2v) is 6.47. The molecule has 17 heavy (non-hydrogen) atoms. The van der Waals surface area contributed by atoms with Crippen molar-refractivity contribution in [1.29, 1.82) is 0 Å². The van der Waals surface area contributed by atoms with Crippen LogP contribution in [0.3, 0.4) is 0 Å². The van der Waals surface area contributed by atoms with Crippen LogP contribution in [0.2, 0.25) is 0 Å². The lowest BCUT2D eigenvalue weighted by Crippen LogP contribution is -1.95. The first kappa shape index (κ1) is 12.1. The molecule has 4 nitrogen and oxygen atoms in total. The van der Waals surface area contributed by atoms with E-state index in [-0.39, 0.29) is 4.90 Å². The molecular weight excluding hydrogens is 260 g/mol. The van der Waals surface area contributed by atoms with Gasteiger partial charge in [0.15, 0.2) is 0 Å². The summed E-state index contributed by atoms with van der Waals surface area (Å²) in [4.78, 5) is -0.00155. The number of hydrogen-bond donors (Lipinski definition) is 0. The number of benzene rings is 1. The molecule has 0 amide bonds. The molecule has 0 atom stereocenters. The van der Waals surface area contributed by atoms with Crippen LogP contribution in [0.15, 0.2) is 35.5 Å². The van der Waals surface area contributed by atoms with E-state index in [1.165, 1.54) is 17.1 Å². The SMILES string of the molecule is Cc1cc(C)cc(-n2cc(S(=O)(=O)Cl)cn2)c1. The Balaban J connectivity index is 2.51. The predicted octanol–water partition coefficient (Wildman–Crippen LogP) is 2.42. The Bertz CT molecular complexity index is 642. The van der Waals surface area contributed by atoms with Crippen molar-refractivity contribution in [2.24, 2.45) is 0 Å². The third-order valence-corrected chi connectivity index (χ3v) is 3.62. The van der Waals surface area contributed by atoms with Crippen molar-refractivity contribution < 1.29 is 8.42 Å². The molecule has 1 aromatic carbocycles. The minimum atomic E-state index is -3.72. The van der Waals surface area contributed by atoms with Gasteiger partial charge in [-0.15, -0.1) is 0 Å². The molecule has 0 aliphatic carbocycles.